The maximum Gasteiger partial charge on any atom is 0.256 e. The monoisotopic (exact) mass is 381 g/mol. The summed E-state index contributed by atoms with van der Waals surface area (Å²) >= 11 is 0. The summed E-state index contributed by atoms with van der Waals surface area (Å²) in [5.41, 5.74) is 6.76. The molecule has 1 N–H and O–H groups in total. The van der Waals surface area contributed by atoms with E-state index >= 15 is 0 Å². The molecular formula is C25H23N3O. The van der Waals surface area contributed by atoms with Gasteiger partial charge in [-0.25, -0.2) is 0 Å². The lowest BCUT2D eigenvalue weighted by Gasteiger charge is -2.13. The van der Waals surface area contributed by atoms with Crippen LogP contribution in [-0.2, 0) is 6.54 Å². The Morgan fingerprint density at radius 1 is 0.966 bits per heavy atom. The van der Waals surface area contributed by atoms with Crippen molar-refractivity contribution < 1.29 is 4.79 Å². The van der Waals surface area contributed by atoms with Crippen molar-refractivity contribution >= 4 is 11.6 Å². The second-order valence-corrected chi connectivity index (χ2v) is 7.22. The molecule has 0 unspecified atom stereocenters. The molecule has 1 heterocycles. The Morgan fingerprint density at radius 3 is 2.52 bits per heavy atom. The second kappa shape index (κ2) is 8.15. The maximum absolute atomic E-state index is 13.0. The van der Waals surface area contributed by atoms with Crippen molar-refractivity contribution in [1.29, 1.82) is 0 Å². The number of nitrogens with zero attached hydrogens (tertiary/aromatic N) is 2. The van der Waals surface area contributed by atoms with E-state index in [0.29, 0.717) is 5.56 Å². The van der Waals surface area contributed by atoms with E-state index < -0.39 is 0 Å². The molecule has 4 rings (SSSR count). The number of carbonyl (C=O) groups excluding carboxylic acids is 1. The van der Waals surface area contributed by atoms with Gasteiger partial charge in [0, 0.05) is 23.6 Å². The van der Waals surface area contributed by atoms with Crippen molar-refractivity contribution in [2.24, 2.45) is 0 Å². The van der Waals surface area contributed by atoms with Crippen LogP contribution in [0.5, 0.6) is 0 Å². The van der Waals surface area contributed by atoms with Crippen molar-refractivity contribution in [1.82, 2.24) is 9.78 Å². The Bertz CT molecular complexity index is 1130. The first kappa shape index (κ1) is 18.7. The molecule has 29 heavy (non-hydrogen) atoms. The Kier molecular flexibility index (Phi) is 5.25. The lowest BCUT2D eigenvalue weighted by molar-refractivity contribution is 0.102. The number of benzene rings is 3. The molecule has 4 nitrogen and oxygen atoms in total. The summed E-state index contributed by atoms with van der Waals surface area (Å²) in [4.78, 5) is 13.0. The smallest absolute Gasteiger partial charge is 0.256 e. The Hall–Kier alpha value is -3.66. The molecule has 4 heteroatoms. The number of nitrogens with one attached hydrogen (secondary N) is 1. The summed E-state index contributed by atoms with van der Waals surface area (Å²) in [6.07, 6.45) is 3.72. The van der Waals surface area contributed by atoms with Crippen molar-refractivity contribution in [3.8, 4) is 11.1 Å². The van der Waals surface area contributed by atoms with E-state index in [2.05, 4.69) is 34.7 Å². The maximum atomic E-state index is 13.0. The standard InChI is InChI=1S/C25H23N3O/c1-18-8-9-19(2)24(16-18)27-25(29)23-7-4-3-6-22(23)21-12-10-20(11-13-21)17-28-15-5-14-26-28/h3-16H,17H2,1-2H3,(H,27,29). The Labute approximate surface area is 170 Å². The first-order valence-corrected chi connectivity index (χ1v) is 9.64. The molecule has 0 saturated carbocycles. The molecule has 0 atom stereocenters. The van der Waals surface area contributed by atoms with Gasteiger partial charge in [-0.3, -0.25) is 9.48 Å². The van der Waals surface area contributed by atoms with E-state index in [0.717, 1.165) is 40.0 Å². The van der Waals surface area contributed by atoms with Crippen LogP contribution in [0, 0.1) is 13.8 Å². The van der Waals surface area contributed by atoms with Gasteiger partial charge in [0.25, 0.3) is 5.91 Å². The number of hydrogen-bond acceptors (Lipinski definition) is 2. The van der Waals surface area contributed by atoms with Crippen LogP contribution in [0.3, 0.4) is 0 Å². The van der Waals surface area contributed by atoms with Crippen molar-refractivity contribution in [3.05, 3.63) is 107 Å². The number of rotatable bonds is 5. The van der Waals surface area contributed by atoms with Crippen LogP contribution in [0.15, 0.2) is 85.2 Å². The van der Waals surface area contributed by atoms with Crippen LogP contribution in [0.25, 0.3) is 11.1 Å². The summed E-state index contributed by atoms with van der Waals surface area (Å²) in [5, 5.41) is 7.31. The number of hydrogen-bond donors (Lipinski definition) is 1. The second-order valence-electron chi connectivity index (χ2n) is 7.22. The highest BCUT2D eigenvalue weighted by Gasteiger charge is 2.13. The summed E-state index contributed by atoms with van der Waals surface area (Å²) in [6, 6.07) is 24.0. The van der Waals surface area contributed by atoms with Gasteiger partial charge in [-0.1, -0.05) is 54.6 Å². The molecule has 3 aromatic carbocycles. The average molecular weight is 381 g/mol. The molecule has 1 amide bonds. The minimum absolute atomic E-state index is 0.102. The van der Waals surface area contributed by atoms with E-state index in [9.17, 15) is 4.79 Å². The Balaban J connectivity index is 1.59. The molecular weight excluding hydrogens is 358 g/mol. The predicted octanol–water partition coefficient (Wildman–Crippen LogP) is 5.47. The fourth-order valence-corrected chi connectivity index (χ4v) is 3.36. The third kappa shape index (κ3) is 4.27. The number of aryl methyl sites for hydroxylation is 2. The molecule has 0 bridgehead atoms. The summed E-state index contributed by atoms with van der Waals surface area (Å²) < 4.78 is 1.89. The quantitative estimate of drug-likeness (QED) is 0.498. The highest BCUT2D eigenvalue weighted by Crippen LogP contribution is 2.26. The largest absolute Gasteiger partial charge is 0.322 e. The fourth-order valence-electron chi connectivity index (χ4n) is 3.36. The SMILES string of the molecule is Cc1ccc(C)c(NC(=O)c2ccccc2-c2ccc(Cn3cccn3)cc2)c1. The van der Waals surface area contributed by atoms with Gasteiger partial charge in [0.2, 0.25) is 0 Å². The van der Waals surface area contributed by atoms with Crippen LogP contribution in [-0.4, -0.2) is 15.7 Å². The molecule has 0 saturated heterocycles. The van der Waals surface area contributed by atoms with Crippen LogP contribution in [0.2, 0.25) is 0 Å². The molecule has 0 spiro atoms. The molecule has 0 radical (unpaired) electrons. The lowest BCUT2D eigenvalue weighted by Crippen LogP contribution is -2.14. The molecule has 1 aromatic heterocycles. The first-order valence-electron chi connectivity index (χ1n) is 9.64. The normalized spacial score (nSPS) is 10.7. The molecule has 4 aromatic rings. The number of anilines is 1. The third-order valence-corrected chi connectivity index (χ3v) is 4.98. The van der Waals surface area contributed by atoms with Crippen LogP contribution in [0.1, 0.15) is 27.0 Å². The van der Waals surface area contributed by atoms with Gasteiger partial charge in [0.1, 0.15) is 0 Å². The van der Waals surface area contributed by atoms with E-state index in [1.165, 1.54) is 0 Å². The molecule has 0 aliphatic carbocycles. The zero-order chi connectivity index (χ0) is 20.2. The molecule has 0 aliphatic rings. The molecule has 0 fully saturated rings. The van der Waals surface area contributed by atoms with Crippen molar-refractivity contribution in [3.63, 3.8) is 0 Å². The summed E-state index contributed by atoms with van der Waals surface area (Å²) in [6.45, 7) is 4.75. The highest BCUT2D eigenvalue weighted by atomic mass is 16.1. The number of aromatic nitrogens is 2. The zero-order valence-electron chi connectivity index (χ0n) is 16.6. The average Bonchev–Trinajstić information content (AvgIpc) is 3.24. The zero-order valence-corrected chi connectivity index (χ0v) is 16.6. The predicted molar refractivity (Wildman–Crippen MR) is 117 cm³/mol. The molecule has 0 aliphatic heterocycles. The van der Waals surface area contributed by atoms with E-state index in [-0.39, 0.29) is 5.91 Å². The van der Waals surface area contributed by atoms with Gasteiger partial charge in [0.05, 0.1) is 6.54 Å². The summed E-state index contributed by atoms with van der Waals surface area (Å²) in [5.74, 6) is -0.102. The van der Waals surface area contributed by atoms with Gasteiger partial charge >= 0.3 is 0 Å². The highest BCUT2D eigenvalue weighted by molar-refractivity contribution is 6.09. The van der Waals surface area contributed by atoms with Crippen molar-refractivity contribution in [2.45, 2.75) is 20.4 Å². The third-order valence-electron chi connectivity index (χ3n) is 4.98. The first-order chi connectivity index (χ1) is 14.1. The summed E-state index contributed by atoms with van der Waals surface area (Å²) in [7, 11) is 0. The van der Waals surface area contributed by atoms with E-state index in [1.54, 1.807) is 6.20 Å². The lowest BCUT2D eigenvalue weighted by atomic mass is 9.98. The minimum Gasteiger partial charge on any atom is -0.322 e. The fraction of sp³-hybridized carbons (Fsp3) is 0.120. The number of amides is 1. The van der Waals surface area contributed by atoms with Gasteiger partial charge < -0.3 is 5.32 Å². The van der Waals surface area contributed by atoms with E-state index in [1.807, 2.05) is 73.3 Å². The van der Waals surface area contributed by atoms with Crippen molar-refractivity contribution in [2.75, 3.05) is 5.32 Å². The minimum atomic E-state index is -0.102. The van der Waals surface area contributed by atoms with Gasteiger partial charge in [0.15, 0.2) is 0 Å². The van der Waals surface area contributed by atoms with E-state index in [4.69, 9.17) is 0 Å². The topological polar surface area (TPSA) is 46.9 Å². The van der Waals surface area contributed by atoms with Gasteiger partial charge in [-0.05, 0) is 59.9 Å². The van der Waals surface area contributed by atoms with Crippen LogP contribution >= 0.6 is 0 Å². The van der Waals surface area contributed by atoms with Gasteiger partial charge in [-0.15, -0.1) is 0 Å². The number of carbonyl (C=O) groups is 1. The van der Waals surface area contributed by atoms with Crippen LogP contribution in [0.4, 0.5) is 5.69 Å². The van der Waals surface area contributed by atoms with Crippen LogP contribution < -0.4 is 5.32 Å². The molecule has 144 valence electrons. The van der Waals surface area contributed by atoms with Gasteiger partial charge in [-0.2, -0.15) is 5.10 Å². The Morgan fingerprint density at radius 2 is 1.76 bits per heavy atom.